The van der Waals surface area contributed by atoms with Crippen LogP contribution in [-0.4, -0.2) is 28.3 Å². The molecule has 3 rings (SSSR count). The van der Waals surface area contributed by atoms with Crippen molar-refractivity contribution in [1.82, 2.24) is 15.1 Å². The molecule has 7 heteroatoms. The molecule has 1 atom stereocenters. The summed E-state index contributed by atoms with van der Waals surface area (Å²) >= 11 is 0. The highest BCUT2D eigenvalue weighted by Gasteiger charge is 2.17. The van der Waals surface area contributed by atoms with E-state index in [2.05, 4.69) is 10.4 Å². The zero-order chi connectivity index (χ0) is 17.8. The Kier molecular flexibility index (Phi) is 5.11. The number of nitrogens with zero attached hydrogens (tertiary/aromatic N) is 2. The van der Waals surface area contributed by atoms with Gasteiger partial charge >= 0.3 is 0 Å². The molecule has 1 aliphatic rings. The topological polar surface area (TPSA) is 73.2 Å². The minimum Gasteiger partial charge on any atom is -0.478 e. The Morgan fingerprint density at radius 1 is 1.40 bits per heavy atom. The van der Waals surface area contributed by atoms with Gasteiger partial charge in [0.2, 0.25) is 0 Å². The second-order valence-corrected chi connectivity index (χ2v) is 6.01. The summed E-state index contributed by atoms with van der Waals surface area (Å²) in [5.41, 5.74) is 1.82. The zero-order valence-electron chi connectivity index (χ0n) is 14.0. The molecule has 1 amide bonds. The van der Waals surface area contributed by atoms with E-state index >= 15 is 0 Å². The normalized spacial score (nSPS) is 14.0. The predicted octanol–water partition coefficient (Wildman–Crippen LogP) is 1.45. The number of fused-ring (bicyclic) bond motifs is 1. The van der Waals surface area contributed by atoms with Crippen LogP contribution in [0.1, 0.15) is 24.6 Å². The van der Waals surface area contributed by atoms with Crippen LogP contribution in [0, 0.1) is 5.82 Å². The third-order valence-electron chi connectivity index (χ3n) is 4.16. The Hall–Kier alpha value is -2.70. The van der Waals surface area contributed by atoms with Crippen LogP contribution in [-0.2, 0) is 24.2 Å². The van der Waals surface area contributed by atoms with Crippen LogP contribution >= 0.6 is 0 Å². The Bertz CT molecular complexity index is 835. The van der Waals surface area contributed by atoms with Crippen LogP contribution in [0.4, 0.5) is 4.39 Å². The maximum atomic E-state index is 13.5. The van der Waals surface area contributed by atoms with Crippen LogP contribution in [0.15, 0.2) is 35.1 Å². The van der Waals surface area contributed by atoms with Gasteiger partial charge in [-0.1, -0.05) is 12.1 Å². The number of aromatic nitrogens is 2. The van der Waals surface area contributed by atoms with Gasteiger partial charge in [0.25, 0.3) is 11.5 Å². The third-order valence-corrected chi connectivity index (χ3v) is 4.16. The van der Waals surface area contributed by atoms with Crippen LogP contribution < -0.4 is 15.6 Å². The zero-order valence-corrected chi connectivity index (χ0v) is 14.0. The van der Waals surface area contributed by atoms with E-state index in [1.165, 1.54) is 16.8 Å². The summed E-state index contributed by atoms with van der Waals surface area (Å²) in [6.45, 7) is 2.07. The monoisotopic (exact) mass is 345 g/mol. The Morgan fingerprint density at radius 2 is 2.20 bits per heavy atom. The Morgan fingerprint density at radius 3 is 3.00 bits per heavy atom. The predicted molar refractivity (Wildman–Crippen MR) is 90.0 cm³/mol. The third kappa shape index (κ3) is 4.04. The van der Waals surface area contributed by atoms with Gasteiger partial charge in [-0.3, -0.25) is 9.59 Å². The van der Waals surface area contributed by atoms with Crippen LogP contribution in [0.3, 0.4) is 0 Å². The molecule has 6 nitrogen and oxygen atoms in total. The molecule has 1 aromatic carbocycles. The number of aryl methyl sites for hydroxylation is 2. The number of carbonyl (C=O) groups is 1. The quantitative estimate of drug-likeness (QED) is 0.860. The average Bonchev–Trinajstić information content (AvgIpc) is 3.04. The summed E-state index contributed by atoms with van der Waals surface area (Å²) in [6, 6.07) is 7.54. The summed E-state index contributed by atoms with van der Waals surface area (Å²) < 4.78 is 20.2. The van der Waals surface area contributed by atoms with Crippen LogP contribution in [0.2, 0.25) is 0 Å². The van der Waals surface area contributed by atoms with Crippen molar-refractivity contribution >= 4 is 5.91 Å². The summed E-state index contributed by atoms with van der Waals surface area (Å²) in [5, 5.41) is 7.03. The number of hydrogen-bond acceptors (Lipinski definition) is 4. The van der Waals surface area contributed by atoms with Gasteiger partial charge in [-0.05, 0) is 43.9 Å². The first kappa shape index (κ1) is 17.1. The van der Waals surface area contributed by atoms with E-state index < -0.39 is 11.9 Å². The van der Waals surface area contributed by atoms with Crippen molar-refractivity contribution in [3.8, 4) is 5.75 Å². The molecule has 0 saturated heterocycles. The van der Waals surface area contributed by atoms with E-state index in [0.717, 1.165) is 30.5 Å². The SMILES string of the molecule is C[C@H](Oc1ccccc1F)C(=O)NCCn1nc2c(cc1=O)CCC2. The molecule has 1 aliphatic carbocycles. The largest absolute Gasteiger partial charge is 0.478 e. The standard InChI is InChI=1S/C18H20FN3O3/c1-12(25-16-8-3-2-6-14(16)19)18(24)20-9-10-22-17(23)11-13-5-4-7-15(13)21-22/h2-3,6,8,11-12H,4-5,7,9-10H2,1H3,(H,20,24)/t12-/m0/s1. The van der Waals surface area contributed by atoms with Crippen molar-refractivity contribution in [2.24, 2.45) is 0 Å². The van der Waals surface area contributed by atoms with E-state index in [1.54, 1.807) is 25.1 Å². The van der Waals surface area contributed by atoms with E-state index in [0.29, 0.717) is 0 Å². The van der Waals surface area contributed by atoms with Crippen molar-refractivity contribution in [2.45, 2.75) is 38.8 Å². The van der Waals surface area contributed by atoms with E-state index in [1.807, 2.05) is 0 Å². The number of benzene rings is 1. The number of hydrogen-bond donors (Lipinski definition) is 1. The molecule has 0 unspecified atom stereocenters. The van der Waals surface area contributed by atoms with Gasteiger partial charge in [0, 0.05) is 12.6 Å². The fourth-order valence-electron chi connectivity index (χ4n) is 2.81. The molecular formula is C18H20FN3O3. The molecule has 0 saturated carbocycles. The van der Waals surface area contributed by atoms with Crippen molar-refractivity contribution in [3.05, 3.63) is 57.8 Å². The molecule has 1 N–H and O–H groups in total. The van der Waals surface area contributed by atoms with E-state index in [-0.39, 0.29) is 30.3 Å². The first-order valence-corrected chi connectivity index (χ1v) is 8.33. The highest BCUT2D eigenvalue weighted by Crippen LogP contribution is 2.17. The maximum absolute atomic E-state index is 13.5. The summed E-state index contributed by atoms with van der Waals surface area (Å²) in [5.74, 6) is -0.866. The second-order valence-electron chi connectivity index (χ2n) is 6.01. The molecule has 0 spiro atoms. The second kappa shape index (κ2) is 7.46. The Balaban J connectivity index is 1.53. The smallest absolute Gasteiger partial charge is 0.267 e. The minimum absolute atomic E-state index is 0.0293. The van der Waals surface area contributed by atoms with Crippen LogP contribution in [0.5, 0.6) is 5.75 Å². The van der Waals surface area contributed by atoms with Gasteiger partial charge in [0.15, 0.2) is 17.7 Å². The average molecular weight is 345 g/mol. The number of ether oxygens (including phenoxy) is 1. The molecule has 132 valence electrons. The molecular weight excluding hydrogens is 325 g/mol. The number of halogens is 1. The molecule has 1 heterocycles. The number of para-hydroxylation sites is 1. The Labute approximate surface area is 144 Å². The van der Waals surface area contributed by atoms with Crippen molar-refractivity contribution in [3.63, 3.8) is 0 Å². The van der Waals surface area contributed by atoms with Gasteiger partial charge in [-0.2, -0.15) is 5.10 Å². The minimum atomic E-state index is -0.846. The lowest BCUT2D eigenvalue weighted by Crippen LogP contribution is -2.39. The highest BCUT2D eigenvalue weighted by atomic mass is 19.1. The lowest BCUT2D eigenvalue weighted by molar-refractivity contribution is -0.127. The molecule has 0 radical (unpaired) electrons. The maximum Gasteiger partial charge on any atom is 0.267 e. The lowest BCUT2D eigenvalue weighted by atomic mass is 10.2. The van der Waals surface area contributed by atoms with Gasteiger partial charge in [0.1, 0.15) is 0 Å². The summed E-state index contributed by atoms with van der Waals surface area (Å²) in [6.07, 6.45) is 1.96. The first-order chi connectivity index (χ1) is 12.0. The molecule has 1 aromatic heterocycles. The lowest BCUT2D eigenvalue weighted by Gasteiger charge is -2.15. The van der Waals surface area contributed by atoms with Crippen molar-refractivity contribution < 1.29 is 13.9 Å². The van der Waals surface area contributed by atoms with Crippen molar-refractivity contribution in [1.29, 1.82) is 0 Å². The fourth-order valence-corrected chi connectivity index (χ4v) is 2.81. The number of carbonyl (C=O) groups excluding carboxylic acids is 1. The van der Waals surface area contributed by atoms with Gasteiger partial charge in [-0.25, -0.2) is 9.07 Å². The van der Waals surface area contributed by atoms with Gasteiger partial charge in [-0.15, -0.1) is 0 Å². The summed E-state index contributed by atoms with van der Waals surface area (Å²) in [4.78, 5) is 24.0. The first-order valence-electron chi connectivity index (χ1n) is 8.33. The number of rotatable bonds is 6. The molecule has 0 bridgehead atoms. The highest BCUT2D eigenvalue weighted by molar-refractivity contribution is 5.80. The van der Waals surface area contributed by atoms with E-state index in [4.69, 9.17) is 4.74 Å². The fraction of sp³-hybridized carbons (Fsp3) is 0.389. The number of nitrogens with one attached hydrogen (secondary N) is 1. The van der Waals surface area contributed by atoms with E-state index in [9.17, 15) is 14.0 Å². The van der Waals surface area contributed by atoms with Crippen LogP contribution in [0.25, 0.3) is 0 Å². The molecule has 0 aliphatic heterocycles. The molecule has 25 heavy (non-hydrogen) atoms. The van der Waals surface area contributed by atoms with Gasteiger partial charge < -0.3 is 10.1 Å². The summed E-state index contributed by atoms with van der Waals surface area (Å²) in [7, 11) is 0. The molecule has 0 fully saturated rings. The molecule has 2 aromatic rings. The number of amides is 1. The van der Waals surface area contributed by atoms with Crippen molar-refractivity contribution in [2.75, 3.05) is 6.54 Å². The van der Waals surface area contributed by atoms with Gasteiger partial charge in [0.05, 0.1) is 12.2 Å².